The molecule has 1 N–H and O–H groups in total. The van der Waals surface area contributed by atoms with E-state index in [1.807, 2.05) is 0 Å². The molecular weight excluding hydrogens is 338 g/mol. The lowest BCUT2D eigenvalue weighted by atomic mass is 10.1. The monoisotopic (exact) mass is 352 g/mol. The summed E-state index contributed by atoms with van der Waals surface area (Å²) in [5, 5.41) is 12.2. The van der Waals surface area contributed by atoms with E-state index in [0.29, 0.717) is 11.3 Å². The number of hydrogen-bond donors (Lipinski definition) is 1. The molecule has 2 rings (SSSR count). The Morgan fingerprint density at radius 3 is 2.12 bits per heavy atom. The number of anilines is 1. The lowest BCUT2D eigenvalue weighted by Crippen LogP contribution is -2.09. The van der Waals surface area contributed by atoms with Gasteiger partial charge in [0.1, 0.15) is 11.8 Å². The van der Waals surface area contributed by atoms with E-state index in [1.54, 1.807) is 12.1 Å². The molecule has 0 aliphatic heterocycles. The Hall–Kier alpha value is -2.66. The smallest absolute Gasteiger partial charge is 0.387 e. The van der Waals surface area contributed by atoms with Crippen molar-refractivity contribution in [3.8, 4) is 11.8 Å². The van der Waals surface area contributed by atoms with Crippen molar-refractivity contribution < 1.29 is 21.9 Å². The summed E-state index contributed by atoms with van der Waals surface area (Å²) >= 11 is 0. The third-order valence-electron chi connectivity index (χ3n) is 3.16. The zero-order valence-corrected chi connectivity index (χ0v) is 13.4. The largest absolute Gasteiger partial charge is 0.435 e. The van der Waals surface area contributed by atoms with Crippen LogP contribution in [0.2, 0.25) is 0 Å². The highest BCUT2D eigenvalue weighted by Gasteiger charge is 2.12. The molecule has 8 heteroatoms. The molecule has 0 radical (unpaired) electrons. The van der Waals surface area contributed by atoms with Gasteiger partial charge in [-0.2, -0.15) is 14.0 Å². The van der Waals surface area contributed by atoms with E-state index < -0.39 is 22.5 Å². The predicted octanol–water partition coefficient (Wildman–Crippen LogP) is 3.37. The van der Waals surface area contributed by atoms with E-state index in [1.165, 1.54) is 36.4 Å². The van der Waals surface area contributed by atoms with Crippen LogP contribution in [0.1, 0.15) is 11.6 Å². The molecule has 0 amide bonds. The zero-order chi connectivity index (χ0) is 17.7. The quantitative estimate of drug-likeness (QED) is 0.862. The first-order chi connectivity index (χ1) is 11.3. The highest BCUT2D eigenvalue weighted by atomic mass is 32.2. The minimum absolute atomic E-state index is 0.00273. The van der Waals surface area contributed by atoms with Gasteiger partial charge in [0, 0.05) is 11.9 Å². The number of ether oxygens (including phenoxy) is 1. The number of halogens is 2. The fraction of sp³-hybridized carbons (Fsp3) is 0.188. The average Bonchev–Trinajstić information content (AvgIpc) is 2.52. The van der Waals surface area contributed by atoms with Crippen molar-refractivity contribution in [2.75, 3.05) is 11.6 Å². The fourth-order valence-electron chi connectivity index (χ4n) is 2.00. The molecule has 0 heterocycles. The van der Waals surface area contributed by atoms with Crippen molar-refractivity contribution in [3.05, 3.63) is 54.1 Å². The number of hydrogen-bond acceptors (Lipinski definition) is 5. The molecule has 5 nitrogen and oxygen atoms in total. The SMILES string of the molecule is CS(=O)(=O)c1ccc(NC(C#N)c2ccc(OC(F)F)cc2)cc1. The molecule has 0 aliphatic rings. The van der Waals surface area contributed by atoms with Crippen LogP contribution in [-0.4, -0.2) is 21.3 Å². The molecule has 0 saturated heterocycles. The molecule has 0 spiro atoms. The Balaban J connectivity index is 2.13. The minimum atomic E-state index is -3.29. The molecule has 0 saturated carbocycles. The number of rotatable bonds is 6. The molecule has 1 unspecified atom stereocenters. The van der Waals surface area contributed by atoms with Crippen molar-refractivity contribution in [2.45, 2.75) is 17.5 Å². The number of benzene rings is 2. The number of sulfone groups is 1. The maximum Gasteiger partial charge on any atom is 0.387 e. The summed E-state index contributed by atoms with van der Waals surface area (Å²) in [7, 11) is -3.29. The summed E-state index contributed by atoms with van der Waals surface area (Å²) in [6.45, 7) is -2.91. The third-order valence-corrected chi connectivity index (χ3v) is 4.29. The van der Waals surface area contributed by atoms with Gasteiger partial charge in [-0.05, 0) is 42.0 Å². The topological polar surface area (TPSA) is 79.2 Å². The lowest BCUT2D eigenvalue weighted by molar-refractivity contribution is -0.0498. The molecule has 24 heavy (non-hydrogen) atoms. The molecule has 2 aromatic carbocycles. The Labute approximate surface area is 138 Å². The van der Waals surface area contributed by atoms with E-state index in [9.17, 15) is 22.5 Å². The summed E-state index contributed by atoms with van der Waals surface area (Å²) in [4.78, 5) is 0.176. The fourth-order valence-corrected chi connectivity index (χ4v) is 2.63. The van der Waals surface area contributed by atoms with Crippen LogP contribution in [0.25, 0.3) is 0 Å². The van der Waals surface area contributed by atoms with Crippen LogP contribution in [0.4, 0.5) is 14.5 Å². The van der Waals surface area contributed by atoms with Gasteiger partial charge in [-0.1, -0.05) is 12.1 Å². The van der Waals surface area contributed by atoms with Gasteiger partial charge in [0.15, 0.2) is 9.84 Å². The Morgan fingerprint density at radius 2 is 1.67 bits per heavy atom. The van der Waals surface area contributed by atoms with Crippen LogP contribution in [0.5, 0.6) is 5.75 Å². The van der Waals surface area contributed by atoms with Gasteiger partial charge < -0.3 is 10.1 Å². The second-order valence-corrected chi connectivity index (χ2v) is 6.97. The van der Waals surface area contributed by atoms with Crippen molar-refractivity contribution in [1.82, 2.24) is 0 Å². The van der Waals surface area contributed by atoms with Crippen LogP contribution in [0.15, 0.2) is 53.4 Å². The first kappa shape index (κ1) is 17.7. The van der Waals surface area contributed by atoms with Crippen molar-refractivity contribution in [2.24, 2.45) is 0 Å². The summed E-state index contributed by atoms with van der Waals surface area (Å²) in [5.41, 5.74) is 1.12. The predicted molar refractivity (Wildman–Crippen MR) is 84.6 cm³/mol. The molecule has 0 fully saturated rings. The maximum absolute atomic E-state index is 12.1. The van der Waals surface area contributed by atoms with Crippen molar-refractivity contribution in [3.63, 3.8) is 0 Å². The summed E-state index contributed by atoms with van der Waals surface area (Å²) in [5.74, 6) is 0.00273. The molecule has 0 aromatic heterocycles. The molecule has 126 valence electrons. The molecular formula is C16H14F2N2O3S. The third kappa shape index (κ3) is 4.67. The van der Waals surface area contributed by atoms with Crippen LogP contribution < -0.4 is 10.1 Å². The summed E-state index contributed by atoms with van der Waals surface area (Å²) in [6, 6.07) is 13.0. The van der Waals surface area contributed by atoms with Crippen molar-refractivity contribution in [1.29, 1.82) is 5.26 Å². The van der Waals surface area contributed by atoms with Gasteiger partial charge in [0.2, 0.25) is 0 Å². The van der Waals surface area contributed by atoms with Crippen LogP contribution in [-0.2, 0) is 9.84 Å². The van der Waals surface area contributed by atoms with Gasteiger partial charge in [-0.3, -0.25) is 0 Å². The van der Waals surface area contributed by atoms with E-state index in [0.717, 1.165) is 6.26 Å². The highest BCUT2D eigenvalue weighted by molar-refractivity contribution is 7.90. The Morgan fingerprint density at radius 1 is 1.08 bits per heavy atom. The minimum Gasteiger partial charge on any atom is -0.435 e. The van der Waals surface area contributed by atoms with Gasteiger partial charge in [0.25, 0.3) is 0 Å². The van der Waals surface area contributed by atoms with E-state index >= 15 is 0 Å². The standard InChI is InChI=1S/C16H14F2N2O3S/c1-24(21,22)14-8-4-12(5-9-14)20-15(10-19)11-2-6-13(7-3-11)23-16(17)18/h2-9,15-16,20H,1H3. The zero-order valence-electron chi connectivity index (χ0n) is 12.6. The Bertz CT molecular complexity index is 829. The molecule has 1 atom stereocenters. The Kier molecular flexibility index (Phi) is 5.36. The lowest BCUT2D eigenvalue weighted by Gasteiger charge is -2.14. The van der Waals surface area contributed by atoms with Crippen LogP contribution in [0.3, 0.4) is 0 Å². The highest BCUT2D eigenvalue weighted by Crippen LogP contribution is 2.23. The van der Waals surface area contributed by atoms with Crippen LogP contribution >= 0.6 is 0 Å². The number of nitrogens with one attached hydrogen (secondary N) is 1. The second-order valence-electron chi connectivity index (χ2n) is 4.95. The summed E-state index contributed by atoms with van der Waals surface area (Å²) < 4.78 is 51.3. The van der Waals surface area contributed by atoms with Crippen LogP contribution in [0, 0.1) is 11.3 Å². The molecule has 2 aromatic rings. The van der Waals surface area contributed by atoms with E-state index in [2.05, 4.69) is 16.1 Å². The maximum atomic E-state index is 12.1. The van der Waals surface area contributed by atoms with Crippen molar-refractivity contribution >= 4 is 15.5 Å². The molecule has 0 bridgehead atoms. The number of alkyl halides is 2. The van der Waals surface area contributed by atoms with E-state index in [4.69, 9.17) is 0 Å². The average molecular weight is 352 g/mol. The molecule has 0 aliphatic carbocycles. The normalized spacial score (nSPS) is 12.5. The number of nitrogens with zero attached hydrogens (tertiary/aromatic N) is 1. The first-order valence-electron chi connectivity index (χ1n) is 6.80. The van der Waals surface area contributed by atoms with Gasteiger partial charge in [-0.15, -0.1) is 0 Å². The summed E-state index contributed by atoms with van der Waals surface area (Å²) in [6.07, 6.45) is 1.11. The number of nitriles is 1. The first-order valence-corrected chi connectivity index (χ1v) is 8.70. The van der Waals surface area contributed by atoms with Gasteiger partial charge in [0.05, 0.1) is 11.0 Å². The second kappa shape index (κ2) is 7.27. The van der Waals surface area contributed by atoms with Gasteiger partial charge >= 0.3 is 6.61 Å². The van der Waals surface area contributed by atoms with Gasteiger partial charge in [-0.25, -0.2) is 8.42 Å². The van der Waals surface area contributed by atoms with E-state index in [-0.39, 0.29) is 10.6 Å².